The van der Waals surface area contributed by atoms with Gasteiger partial charge >= 0.3 is 0 Å². The number of rotatable bonds is 9. The van der Waals surface area contributed by atoms with Crippen molar-refractivity contribution in [3.05, 3.63) is 42.0 Å². The third-order valence-corrected chi connectivity index (χ3v) is 6.92. The highest BCUT2D eigenvalue weighted by atomic mass is 32.2. The highest BCUT2D eigenvalue weighted by Crippen LogP contribution is 2.35. The van der Waals surface area contributed by atoms with Crippen LogP contribution in [0, 0.1) is 5.92 Å². The standard InChI is InChI=1S/C21H29FN2O5P2S/c1-5-29-16-11-13(23-20(26)18(25)12(2)3)9-10-17(16)32(27,28)24-15-8-6-7-14(19(15)30)21(4,22)31/h6-12,18,24-25H,5,30-31H2,1-4H3,(H,23,26)/t18-,21?/m0/s1. The van der Waals surface area contributed by atoms with E-state index in [1.807, 2.05) is 0 Å². The van der Waals surface area contributed by atoms with Crippen LogP contribution in [0.15, 0.2) is 41.3 Å². The van der Waals surface area contributed by atoms with E-state index in [9.17, 15) is 22.7 Å². The first-order valence-corrected chi connectivity index (χ1v) is 12.6. The van der Waals surface area contributed by atoms with Gasteiger partial charge in [-0.1, -0.05) is 35.2 Å². The Balaban J connectivity index is 2.40. The number of carbonyl (C=O) groups is 1. The summed E-state index contributed by atoms with van der Waals surface area (Å²) in [6.07, 6.45) is -1.21. The highest BCUT2D eigenvalue weighted by molar-refractivity contribution is 7.92. The van der Waals surface area contributed by atoms with Crippen molar-refractivity contribution in [2.75, 3.05) is 16.6 Å². The van der Waals surface area contributed by atoms with E-state index in [-0.39, 0.29) is 34.5 Å². The summed E-state index contributed by atoms with van der Waals surface area (Å²) in [6, 6.07) is 8.74. The second kappa shape index (κ2) is 10.4. The van der Waals surface area contributed by atoms with Crippen LogP contribution >= 0.6 is 18.5 Å². The number of amides is 1. The number of nitrogens with one attached hydrogen (secondary N) is 2. The van der Waals surface area contributed by atoms with E-state index >= 15 is 0 Å². The van der Waals surface area contributed by atoms with Crippen molar-refractivity contribution in [1.82, 2.24) is 0 Å². The number of benzene rings is 2. The molecule has 0 radical (unpaired) electrons. The normalized spacial score (nSPS) is 14.5. The Kier molecular flexibility index (Phi) is 8.62. The first-order chi connectivity index (χ1) is 14.8. The molecule has 0 saturated heterocycles. The van der Waals surface area contributed by atoms with E-state index in [1.165, 1.54) is 31.2 Å². The van der Waals surface area contributed by atoms with Gasteiger partial charge in [-0.3, -0.25) is 9.52 Å². The maximum atomic E-state index is 14.4. The van der Waals surface area contributed by atoms with Crippen LogP contribution in [0.25, 0.3) is 0 Å². The first kappa shape index (κ1) is 26.5. The summed E-state index contributed by atoms with van der Waals surface area (Å²) < 4.78 is 48.6. The molecule has 3 N–H and O–H groups in total. The zero-order valence-electron chi connectivity index (χ0n) is 18.3. The topological polar surface area (TPSA) is 105 Å². The molecule has 2 aromatic carbocycles. The quantitative estimate of drug-likeness (QED) is 0.456. The first-order valence-electron chi connectivity index (χ1n) is 9.93. The molecule has 2 aromatic rings. The van der Waals surface area contributed by atoms with Crippen LogP contribution in [0.1, 0.15) is 33.3 Å². The third-order valence-electron chi connectivity index (χ3n) is 4.58. The van der Waals surface area contributed by atoms with Gasteiger partial charge in [0.25, 0.3) is 15.9 Å². The number of ether oxygens (including phenoxy) is 1. The summed E-state index contributed by atoms with van der Waals surface area (Å²) in [6.45, 7) is 6.65. The number of anilines is 2. The largest absolute Gasteiger partial charge is 0.492 e. The lowest BCUT2D eigenvalue weighted by Gasteiger charge is -2.20. The number of halogens is 1. The Hall–Kier alpha value is -1.79. The van der Waals surface area contributed by atoms with Gasteiger partial charge in [-0.15, -0.1) is 9.24 Å². The molecule has 0 aliphatic rings. The van der Waals surface area contributed by atoms with E-state index in [4.69, 9.17) is 4.74 Å². The van der Waals surface area contributed by atoms with Crippen molar-refractivity contribution < 1.29 is 27.4 Å². The van der Waals surface area contributed by atoms with Crippen molar-refractivity contribution in [3.8, 4) is 5.75 Å². The molecule has 2 rings (SSSR count). The van der Waals surface area contributed by atoms with E-state index in [0.717, 1.165) is 0 Å². The summed E-state index contributed by atoms with van der Waals surface area (Å²) >= 11 is 0. The summed E-state index contributed by atoms with van der Waals surface area (Å²) in [4.78, 5) is 12.0. The second-order valence-corrected chi connectivity index (χ2v) is 11.0. The molecule has 3 unspecified atom stereocenters. The molecule has 4 atom stereocenters. The average molecular weight is 502 g/mol. The third kappa shape index (κ3) is 6.38. The minimum Gasteiger partial charge on any atom is -0.492 e. The molecule has 1 amide bonds. The minimum absolute atomic E-state index is 0.0275. The molecule has 0 aromatic heterocycles. The minimum atomic E-state index is -4.11. The molecular formula is C21H29FN2O5P2S. The Labute approximate surface area is 193 Å². The summed E-state index contributed by atoms with van der Waals surface area (Å²) in [5.41, 5.74) is 0.792. The molecule has 0 aliphatic heterocycles. The van der Waals surface area contributed by atoms with Gasteiger partial charge in [-0.05, 0) is 38.0 Å². The Morgan fingerprint density at radius 1 is 1.28 bits per heavy atom. The zero-order valence-corrected chi connectivity index (χ0v) is 21.5. The van der Waals surface area contributed by atoms with E-state index in [0.29, 0.717) is 10.9 Å². The SMILES string of the molecule is CCOc1cc(NC(=O)[C@@H](O)C(C)C)ccc1S(=O)(=O)Nc1cccc(C(C)(F)P)c1P. The van der Waals surface area contributed by atoms with Gasteiger partial charge in [0.1, 0.15) is 22.2 Å². The predicted molar refractivity (Wildman–Crippen MR) is 132 cm³/mol. The molecule has 0 bridgehead atoms. The van der Waals surface area contributed by atoms with Gasteiger partial charge in [0.15, 0.2) is 0 Å². The molecular weight excluding hydrogens is 473 g/mol. The number of carbonyl (C=O) groups excluding carboxylic acids is 1. The average Bonchev–Trinajstić information content (AvgIpc) is 2.68. The molecule has 0 saturated carbocycles. The van der Waals surface area contributed by atoms with Crippen LogP contribution in [-0.2, 0) is 20.2 Å². The van der Waals surface area contributed by atoms with E-state index in [1.54, 1.807) is 32.9 Å². The van der Waals surface area contributed by atoms with E-state index < -0.39 is 27.4 Å². The van der Waals surface area contributed by atoms with Crippen molar-refractivity contribution in [2.45, 2.75) is 44.1 Å². The van der Waals surface area contributed by atoms with Crippen LogP contribution in [-0.4, -0.2) is 32.1 Å². The lowest BCUT2D eigenvalue weighted by atomic mass is 10.1. The van der Waals surface area contributed by atoms with Gasteiger partial charge in [0, 0.05) is 22.6 Å². The van der Waals surface area contributed by atoms with Crippen LogP contribution in [0.5, 0.6) is 5.75 Å². The van der Waals surface area contributed by atoms with Crippen LogP contribution < -0.4 is 20.1 Å². The number of aliphatic hydroxyl groups is 1. The zero-order chi connectivity index (χ0) is 24.3. The molecule has 7 nitrogen and oxygen atoms in total. The maximum Gasteiger partial charge on any atom is 0.265 e. The van der Waals surface area contributed by atoms with Gasteiger partial charge in [0.2, 0.25) is 0 Å². The van der Waals surface area contributed by atoms with Crippen LogP contribution in [0.4, 0.5) is 15.8 Å². The monoisotopic (exact) mass is 502 g/mol. The number of alkyl halides is 1. The Morgan fingerprint density at radius 2 is 1.94 bits per heavy atom. The number of hydrogen-bond acceptors (Lipinski definition) is 5. The molecule has 0 heterocycles. The lowest BCUT2D eigenvalue weighted by molar-refractivity contribution is -0.125. The predicted octanol–water partition coefficient (Wildman–Crippen LogP) is 3.36. The molecule has 176 valence electrons. The second-order valence-electron chi connectivity index (χ2n) is 7.72. The highest BCUT2D eigenvalue weighted by Gasteiger charge is 2.26. The molecule has 0 fully saturated rings. The van der Waals surface area contributed by atoms with Crippen molar-refractivity contribution in [1.29, 1.82) is 0 Å². The number of sulfonamides is 1. The molecule has 0 aliphatic carbocycles. The summed E-state index contributed by atoms with van der Waals surface area (Å²) in [5, 5.41) is 11.1. The van der Waals surface area contributed by atoms with Crippen LogP contribution in [0.3, 0.4) is 0 Å². The fourth-order valence-corrected chi connectivity index (χ4v) is 5.15. The van der Waals surface area contributed by atoms with Crippen molar-refractivity contribution in [3.63, 3.8) is 0 Å². The number of hydrogen-bond donors (Lipinski definition) is 3. The summed E-state index contributed by atoms with van der Waals surface area (Å²) in [7, 11) is 0.341. The van der Waals surface area contributed by atoms with Crippen molar-refractivity contribution >= 4 is 51.1 Å². The van der Waals surface area contributed by atoms with E-state index in [2.05, 4.69) is 28.5 Å². The molecule has 0 spiro atoms. The van der Waals surface area contributed by atoms with Crippen molar-refractivity contribution in [2.24, 2.45) is 5.92 Å². The Bertz CT molecular complexity index is 1090. The fraction of sp³-hybridized carbons (Fsp3) is 0.381. The Morgan fingerprint density at radius 3 is 2.50 bits per heavy atom. The van der Waals surface area contributed by atoms with Gasteiger partial charge < -0.3 is 15.2 Å². The summed E-state index contributed by atoms with van der Waals surface area (Å²) in [5.74, 6) is -0.859. The van der Waals surface area contributed by atoms with Gasteiger partial charge in [0.05, 0.1) is 12.3 Å². The van der Waals surface area contributed by atoms with Gasteiger partial charge in [-0.25, -0.2) is 12.8 Å². The van der Waals surface area contributed by atoms with Gasteiger partial charge in [-0.2, -0.15) is 0 Å². The van der Waals surface area contributed by atoms with Crippen LogP contribution in [0.2, 0.25) is 0 Å². The molecule has 11 heteroatoms. The smallest absolute Gasteiger partial charge is 0.265 e. The molecule has 32 heavy (non-hydrogen) atoms. The number of aliphatic hydroxyl groups excluding tert-OH is 1. The maximum absolute atomic E-state index is 14.4. The fourth-order valence-electron chi connectivity index (χ4n) is 2.88. The lowest BCUT2D eigenvalue weighted by Crippen LogP contribution is -2.31.